The van der Waals surface area contributed by atoms with E-state index in [9.17, 15) is 20.5 Å². The maximum Gasteiger partial charge on any atom is 0.270 e. The van der Waals surface area contributed by atoms with Crippen LogP contribution in [0.4, 0.5) is 11.4 Å². The van der Waals surface area contributed by atoms with Gasteiger partial charge in [-0.2, -0.15) is 5.26 Å². The van der Waals surface area contributed by atoms with Crippen molar-refractivity contribution in [1.29, 1.82) is 5.26 Å². The van der Waals surface area contributed by atoms with Crippen LogP contribution in [0.3, 0.4) is 0 Å². The number of aliphatic imine (C=N–C) groups is 1. The van der Waals surface area contributed by atoms with E-state index in [2.05, 4.69) is 15.6 Å². The highest BCUT2D eigenvalue weighted by Crippen LogP contribution is 2.45. The van der Waals surface area contributed by atoms with Gasteiger partial charge in [-0.25, -0.2) is 4.99 Å². The van der Waals surface area contributed by atoms with Crippen LogP contribution in [0.5, 0.6) is 5.75 Å². The molecule has 33 heavy (non-hydrogen) atoms. The van der Waals surface area contributed by atoms with Crippen molar-refractivity contribution in [3.63, 3.8) is 0 Å². The van der Waals surface area contributed by atoms with E-state index in [-0.39, 0.29) is 23.0 Å². The number of methoxy groups -OCH3 is 2. The van der Waals surface area contributed by atoms with Gasteiger partial charge in [0, 0.05) is 42.6 Å². The number of guanidine groups is 1. The van der Waals surface area contributed by atoms with Crippen molar-refractivity contribution >= 4 is 28.9 Å². The number of nitro benzene ring substituents is 1. The Morgan fingerprint density at radius 2 is 2.00 bits per heavy atom. The van der Waals surface area contributed by atoms with E-state index in [1.807, 2.05) is 0 Å². The molecule has 1 aliphatic heterocycles. The quantitative estimate of drug-likeness (QED) is 0.109. The Balaban J connectivity index is 2.12. The van der Waals surface area contributed by atoms with Crippen molar-refractivity contribution in [2.75, 3.05) is 19.5 Å². The summed E-state index contributed by atoms with van der Waals surface area (Å²) in [6.45, 7) is 1.58. The molecule has 174 valence electrons. The molecule has 1 heterocycles. The molecule has 0 aliphatic carbocycles. The van der Waals surface area contributed by atoms with Crippen LogP contribution in [-0.2, 0) is 9.47 Å². The molecule has 3 rings (SSSR count). The van der Waals surface area contributed by atoms with Gasteiger partial charge in [-0.3, -0.25) is 15.4 Å². The lowest BCUT2D eigenvalue weighted by Gasteiger charge is -2.45. The number of fused-ring (bicyclic) bond motifs is 1. The fraction of sp³-hybridized carbons (Fsp3) is 0.333. The predicted molar refractivity (Wildman–Crippen MR) is 120 cm³/mol. The van der Waals surface area contributed by atoms with Gasteiger partial charge < -0.3 is 24.6 Å². The molecule has 3 atom stereocenters. The minimum atomic E-state index is -1.43. The van der Waals surface area contributed by atoms with Crippen LogP contribution in [-0.4, -0.2) is 48.2 Å². The standard InChI is InChI=1S/C21H22ClN5O6/c1-21(19(31-2)32-3)18(28)17(15-10-14(27(29)30)8-9-16(15)33-21)26-20(24-11-23)25-13-6-4-12(22)5-7-13/h4-10,17-19,28H,1-3H3,(H2,24,25,26)/t17-,18-,21+/m0/s1. The number of ether oxygens (including phenoxy) is 3. The van der Waals surface area contributed by atoms with Crippen LogP contribution in [0.15, 0.2) is 47.5 Å². The van der Waals surface area contributed by atoms with Gasteiger partial charge in [0.25, 0.3) is 5.69 Å². The number of halogens is 1. The number of benzene rings is 2. The van der Waals surface area contributed by atoms with Crippen molar-refractivity contribution in [1.82, 2.24) is 5.32 Å². The highest BCUT2D eigenvalue weighted by molar-refractivity contribution is 6.30. The maximum atomic E-state index is 11.3. The molecular formula is C21H22ClN5O6. The van der Waals surface area contributed by atoms with E-state index in [0.29, 0.717) is 10.7 Å². The van der Waals surface area contributed by atoms with Gasteiger partial charge in [0.2, 0.25) is 5.96 Å². The molecule has 0 aromatic heterocycles. The van der Waals surface area contributed by atoms with Gasteiger partial charge >= 0.3 is 0 Å². The summed E-state index contributed by atoms with van der Waals surface area (Å²) in [6, 6.07) is 9.54. The second-order valence-electron chi connectivity index (χ2n) is 7.30. The lowest BCUT2D eigenvalue weighted by Crippen LogP contribution is -2.59. The summed E-state index contributed by atoms with van der Waals surface area (Å²) < 4.78 is 16.7. The van der Waals surface area contributed by atoms with E-state index in [1.54, 1.807) is 37.4 Å². The van der Waals surface area contributed by atoms with E-state index >= 15 is 0 Å². The Hall–Kier alpha value is -3.43. The van der Waals surface area contributed by atoms with Gasteiger partial charge in [0.15, 0.2) is 18.1 Å². The molecule has 0 amide bonds. The van der Waals surface area contributed by atoms with Crippen molar-refractivity contribution in [2.24, 2.45) is 4.99 Å². The second-order valence-corrected chi connectivity index (χ2v) is 7.74. The Morgan fingerprint density at radius 3 is 2.58 bits per heavy atom. The number of nitro groups is 1. The Morgan fingerprint density at radius 1 is 1.33 bits per heavy atom. The fourth-order valence-corrected chi connectivity index (χ4v) is 3.73. The van der Waals surface area contributed by atoms with Gasteiger partial charge in [-0.05, 0) is 37.3 Å². The van der Waals surface area contributed by atoms with Gasteiger partial charge in [-0.1, -0.05) is 11.6 Å². The normalized spacial score (nSPS) is 22.2. The van der Waals surface area contributed by atoms with Crippen LogP contribution in [0.2, 0.25) is 5.02 Å². The number of non-ortho nitro benzene ring substituents is 1. The summed E-state index contributed by atoms with van der Waals surface area (Å²) in [5.41, 5.74) is -0.811. The molecule has 0 fully saturated rings. The summed E-state index contributed by atoms with van der Waals surface area (Å²) in [7, 11) is 2.79. The number of aliphatic hydroxyl groups excluding tert-OH is 1. The topological polar surface area (TPSA) is 151 Å². The van der Waals surface area contributed by atoms with Crippen LogP contribution in [0.1, 0.15) is 18.5 Å². The van der Waals surface area contributed by atoms with Crippen LogP contribution in [0, 0.1) is 21.6 Å². The van der Waals surface area contributed by atoms with E-state index in [4.69, 9.17) is 25.8 Å². The molecule has 3 N–H and O–H groups in total. The average Bonchev–Trinajstić information content (AvgIpc) is 2.79. The highest BCUT2D eigenvalue weighted by Gasteiger charge is 2.52. The van der Waals surface area contributed by atoms with Crippen molar-refractivity contribution in [3.05, 3.63) is 63.2 Å². The van der Waals surface area contributed by atoms with E-state index < -0.39 is 29.0 Å². The number of nitrogens with zero attached hydrogens (tertiary/aromatic N) is 3. The predicted octanol–water partition coefficient (Wildman–Crippen LogP) is 2.96. The van der Waals surface area contributed by atoms with Crippen molar-refractivity contribution in [3.8, 4) is 11.9 Å². The summed E-state index contributed by atoms with van der Waals surface area (Å²) in [4.78, 5) is 15.3. The molecule has 11 nitrogen and oxygen atoms in total. The molecule has 2 aromatic rings. The second kappa shape index (κ2) is 10.0. The first-order valence-corrected chi connectivity index (χ1v) is 10.1. The summed E-state index contributed by atoms with van der Waals surface area (Å²) in [5, 5.41) is 37.7. The lowest BCUT2D eigenvalue weighted by molar-refractivity contribution is -0.385. The molecule has 0 radical (unpaired) electrons. The van der Waals surface area contributed by atoms with Crippen molar-refractivity contribution in [2.45, 2.75) is 31.0 Å². The van der Waals surface area contributed by atoms with E-state index in [0.717, 1.165) is 0 Å². The number of anilines is 1. The largest absolute Gasteiger partial charge is 0.479 e. The average molecular weight is 476 g/mol. The number of hydrogen-bond donors (Lipinski definition) is 3. The maximum absolute atomic E-state index is 11.3. The molecule has 0 saturated heterocycles. The number of rotatable bonds is 6. The molecule has 0 saturated carbocycles. The lowest BCUT2D eigenvalue weighted by atomic mass is 9.84. The molecule has 2 aromatic carbocycles. The minimum Gasteiger partial charge on any atom is -0.479 e. The SMILES string of the molecule is COC(OC)[C@]1(C)Oc2ccc([N+](=O)[O-])cc2[C@H](N=C(NC#N)Nc2ccc(Cl)cc2)[C@@H]1O. The number of nitriles is 1. The zero-order valence-electron chi connectivity index (χ0n) is 18.0. The van der Waals surface area contributed by atoms with Gasteiger partial charge in [0.05, 0.1) is 4.92 Å². The van der Waals surface area contributed by atoms with Crippen molar-refractivity contribution < 1.29 is 24.2 Å². The first kappa shape index (κ1) is 24.2. The summed E-state index contributed by atoms with van der Waals surface area (Å²) in [6.07, 6.45) is -0.587. The highest BCUT2D eigenvalue weighted by atomic mass is 35.5. The minimum absolute atomic E-state index is 0.00281. The number of aliphatic hydroxyl groups is 1. The third-order valence-electron chi connectivity index (χ3n) is 5.18. The smallest absolute Gasteiger partial charge is 0.270 e. The molecule has 0 spiro atoms. The Labute approximate surface area is 194 Å². The third-order valence-corrected chi connectivity index (χ3v) is 5.44. The fourth-order valence-electron chi connectivity index (χ4n) is 3.60. The van der Waals surface area contributed by atoms with Gasteiger partial charge in [0.1, 0.15) is 17.9 Å². The molecule has 0 unspecified atom stereocenters. The molecule has 1 aliphatic rings. The molecular weight excluding hydrogens is 454 g/mol. The van der Waals surface area contributed by atoms with E-state index in [1.165, 1.54) is 32.4 Å². The first-order chi connectivity index (χ1) is 15.7. The molecule has 12 heteroatoms. The summed E-state index contributed by atoms with van der Waals surface area (Å²) >= 11 is 5.92. The van der Waals surface area contributed by atoms with Crippen LogP contribution < -0.4 is 15.4 Å². The number of hydrogen-bond acceptors (Lipinski definition) is 8. The number of nitrogens with one attached hydrogen (secondary N) is 2. The van der Waals surface area contributed by atoms with Gasteiger partial charge in [-0.15, -0.1) is 0 Å². The van der Waals surface area contributed by atoms with Crippen LogP contribution >= 0.6 is 11.6 Å². The zero-order valence-corrected chi connectivity index (χ0v) is 18.7. The zero-order chi connectivity index (χ0) is 24.2. The monoisotopic (exact) mass is 475 g/mol. The third kappa shape index (κ3) is 4.99. The first-order valence-electron chi connectivity index (χ1n) is 9.70. The van der Waals surface area contributed by atoms with Crippen LogP contribution in [0.25, 0.3) is 0 Å². The Kier molecular flexibility index (Phi) is 7.35. The summed E-state index contributed by atoms with van der Waals surface area (Å²) in [5.74, 6) is 0.251. The Bertz CT molecular complexity index is 1090. The molecule has 0 bridgehead atoms.